The number of esters is 1. The van der Waals surface area contributed by atoms with Gasteiger partial charge in [-0.05, 0) is 45.0 Å². The highest BCUT2D eigenvalue weighted by Gasteiger charge is 2.48. The topological polar surface area (TPSA) is 72.3 Å². The molecule has 2 aromatic rings. The standard InChI is InChI=1S/C16H14F4N2O3/c1-15(2,3)25-14(23)16(24,8-4-6-10(17)21-12(8)19)9-5-7-11(18)22-13(9)20/h4-7,24H,1-3H3. The van der Waals surface area contributed by atoms with Crippen LogP contribution >= 0.6 is 0 Å². The summed E-state index contributed by atoms with van der Waals surface area (Å²) < 4.78 is 59.3. The van der Waals surface area contributed by atoms with Gasteiger partial charge in [0.15, 0.2) is 0 Å². The quantitative estimate of drug-likeness (QED) is 0.519. The predicted octanol–water partition coefficient (Wildman–Crippen LogP) is 2.61. The Kier molecular flexibility index (Phi) is 4.81. The van der Waals surface area contributed by atoms with Crippen molar-refractivity contribution in [3.63, 3.8) is 0 Å². The van der Waals surface area contributed by atoms with Crippen LogP contribution < -0.4 is 0 Å². The van der Waals surface area contributed by atoms with Gasteiger partial charge in [-0.3, -0.25) is 0 Å². The minimum atomic E-state index is -3.05. The first-order chi connectivity index (χ1) is 11.4. The van der Waals surface area contributed by atoms with E-state index >= 15 is 0 Å². The lowest BCUT2D eigenvalue weighted by molar-refractivity contribution is -0.174. The number of ether oxygens (including phenoxy) is 1. The summed E-state index contributed by atoms with van der Waals surface area (Å²) in [6, 6.07) is 2.76. The van der Waals surface area contributed by atoms with Gasteiger partial charge in [-0.2, -0.15) is 27.5 Å². The van der Waals surface area contributed by atoms with Crippen LogP contribution in [0.5, 0.6) is 0 Å². The molecule has 0 aliphatic rings. The van der Waals surface area contributed by atoms with Gasteiger partial charge in [0, 0.05) is 0 Å². The van der Waals surface area contributed by atoms with Gasteiger partial charge in [0.1, 0.15) is 5.60 Å². The van der Waals surface area contributed by atoms with Crippen LogP contribution in [0.15, 0.2) is 24.3 Å². The van der Waals surface area contributed by atoms with E-state index in [1.54, 1.807) is 0 Å². The number of aromatic nitrogens is 2. The molecule has 0 aromatic carbocycles. The zero-order valence-electron chi connectivity index (χ0n) is 13.5. The van der Waals surface area contributed by atoms with E-state index in [4.69, 9.17) is 4.74 Å². The second-order valence-corrected chi connectivity index (χ2v) is 6.16. The Morgan fingerprint density at radius 2 is 1.32 bits per heavy atom. The van der Waals surface area contributed by atoms with Gasteiger partial charge in [-0.1, -0.05) is 0 Å². The third kappa shape index (κ3) is 3.76. The van der Waals surface area contributed by atoms with Crippen LogP contribution in [0.3, 0.4) is 0 Å². The molecular formula is C16H14F4N2O3. The first-order valence-electron chi connectivity index (χ1n) is 7.06. The van der Waals surface area contributed by atoms with Crippen LogP contribution in [0.4, 0.5) is 17.6 Å². The minimum Gasteiger partial charge on any atom is -0.457 e. The van der Waals surface area contributed by atoms with Gasteiger partial charge < -0.3 is 9.84 Å². The number of carbonyl (C=O) groups is 1. The molecule has 0 radical (unpaired) electrons. The maximum absolute atomic E-state index is 14.1. The number of aliphatic hydroxyl groups is 1. The Bertz CT molecular complexity index is 770. The monoisotopic (exact) mass is 358 g/mol. The average Bonchev–Trinajstić information content (AvgIpc) is 2.44. The molecular weight excluding hydrogens is 344 g/mol. The van der Waals surface area contributed by atoms with Crippen LogP contribution in [0.2, 0.25) is 0 Å². The van der Waals surface area contributed by atoms with E-state index in [-0.39, 0.29) is 0 Å². The maximum Gasteiger partial charge on any atom is 0.348 e. The summed E-state index contributed by atoms with van der Waals surface area (Å²) in [5.74, 6) is -7.01. The molecule has 0 fully saturated rings. The van der Waals surface area contributed by atoms with E-state index in [2.05, 4.69) is 9.97 Å². The van der Waals surface area contributed by atoms with Crippen molar-refractivity contribution in [3.05, 3.63) is 59.2 Å². The molecule has 0 spiro atoms. The third-order valence-electron chi connectivity index (χ3n) is 3.10. The summed E-state index contributed by atoms with van der Waals surface area (Å²) >= 11 is 0. The van der Waals surface area contributed by atoms with E-state index in [0.717, 1.165) is 0 Å². The number of carbonyl (C=O) groups excluding carboxylic acids is 1. The molecule has 0 bridgehead atoms. The van der Waals surface area contributed by atoms with E-state index in [1.807, 2.05) is 0 Å². The molecule has 0 saturated heterocycles. The normalized spacial score (nSPS) is 12.2. The Labute approximate surface area is 140 Å². The van der Waals surface area contributed by atoms with Crippen molar-refractivity contribution in [2.24, 2.45) is 0 Å². The molecule has 0 saturated carbocycles. The highest BCUT2D eigenvalue weighted by molar-refractivity contribution is 5.85. The number of hydrogen-bond donors (Lipinski definition) is 1. The fourth-order valence-corrected chi connectivity index (χ4v) is 2.08. The molecule has 9 heteroatoms. The zero-order valence-corrected chi connectivity index (χ0v) is 13.5. The van der Waals surface area contributed by atoms with E-state index in [0.29, 0.717) is 24.3 Å². The Morgan fingerprint density at radius 1 is 0.920 bits per heavy atom. The SMILES string of the molecule is CC(C)(C)OC(=O)C(O)(c1ccc(F)nc1F)c1ccc(F)nc1F. The van der Waals surface area contributed by atoms with Crippen molar-refractivity contribution >= 4 is 5.97 Å². The number of halogens is 4. The Morgan fingerprint density at radius 3 is 1.64 bits per heavy atom. The maximum atomic E-state index is 14.1. The van der Waals surface area contributed by atoms with E-state index in [1.165, 1.54) is 20.8 Å². The number of pyridine rings is 2. The van der Waals surface area contributed by atoms with Gasteiger partial charge in [-0.15, -0.1) is 0 Å². The van der Waals surface area contributed by atoms with Crippen LogP contribution in [0.1, 0.15) is 31.9 Å². The Hall–Kier alpha value is -2.55. The molecule has 2 heterocycles. The molecule has 0 atom stereocenters. The summed E-state index contributed by atoms with van der Waals surface area (Å²) in [7, 11) is 0. The van der Waals surface area contributed by atoms with Crippen molar-refractivity contribution in [1.82, 2.24) is 9.97 Å². The largest absolute Gasteiger partial charge is 0.457 e. The van der Waals surface area contributed by atoms with Gasteiger partial charge in [-0.25, -0.2) is 4.79 Å². The molecule has 2 rings (SSSR count). The number of hydrogen-bond acceptors (Lipinski definition) is 5. The fraction of sp³-hybridized carbons (Fsp3) is 0.312. The van der Waals surface area contributed by atoms with Crippen molar-refractivity contribution in [3.8, 4) is 0 Å². The first-order valence-corrected chi connectivity index (χ1v) is 7.06. The summed E-state index contributed by atoms with van der Waals surface area (Å²) in [6.45, 7) is 4.39. The lowest BCUT2D eigenvalue weighted by Crippen LogP contribution is -2.44. The van der Waals surface area contributed by atoms with Crippen LogP contribution in [-0.2, 0) is 15.1 Å². The lowest BCUT2D eigenvalue weighted by atomic mass is 9.87. The first kappa shape index (κ1) is 18.8. The van der Waals surface area contributed by atoms with E-state index in [9.17, 15) is 27.5 Å². The fourth-order valence-electron chi connectivity index (χ4n) is 2.08. The second-order valence-electron chi connectivity index (χ2n) is 6.16. The summed E-state index contributed by atoms with van der Waals surface area (Å²) in [5, 5.41) is 10.8. The van der Waals surface area contributed by atoms with Crippen molar-refractivity contribution in [2.75, 3.05) is 0 Å². The molecule has 25 heavy (non-hydrogen) atoms. The molecule has 0 unspecified atom stereocenters. The van der Waals surface area contributed by atoms with Crippen LogP contribution in [0, 0.1) is 23.8 Å². The minimum absolute atomic E-state index is 0.669. The molecule has 5 nitrogen and oxygen atoms in total. The van der Waals surface area contributed by atoms with Gasteiger partial charge in [0.2, 0.25) is 29.4 Å². The highest BCUT2D eigenvalue weighted by Crippen LogP contribution is 2.35. The second kappa shape index (κ2) is 6.40. The highest BCUT2D eigenvalue weighted by atomic mass is 19.1. The van der Waals surface area contributed by atoms with Crippen LogP contribution in [0.25, 0.3) is 0 Å². The molecule has 0 amide bonds. The van der Waals surface area contributed by atoms with Crippen molar-refractivity contribution in [2.45, 2.75) is 32.0 Å². The molecule has 0 aliphatic heterocycles. The summed E-state index contributed by atoms with van der Waals surface area (Å²) in [6.07, 6.45) is 0. The molecule has 2 aromatic heterocycles. The smallest absolute Gasteiger partial charge is 0.348 e. The number of rotatable bonds is 3. The molecule has 134 valence electrons. The number of nitrogens with zero attached hydrogens (tertiary/aromatic N) is 2. The predicted molar refractivity (Wildman–Crippen MR) is 77.1 cm³/mol. The summed E-state index contributed by atoms with van der Waals surface area (Å²) in [4.78, 5) is 18.3. The van der Waals surface area contributed by atoms with Gasteiger partial charge in [0.25, 0.3) is 0 Å². The van der Waals surface area contributed by atoms with Crippen molar-refractivity contribution in [1.29, 1.82) is 0 Å². The molecule has 0 aliphatic carbocycles. The molecule has 1 N–H and O–H groups in total. The van der Waals surface area contributed by atoms with E-state index < -0.39 is 52.1 Å². The lowest BCUT2D eigenvalue weighted by Gasteiger charge is -2.30. The average molecular weight is 358 g/mol. The van der Waals surface area contributed by atoms with Crippen LogP contribution in [-0.4, -0.2) is 26.6 Å². The van der Waals surface area contributed by atoms with Crippen molar-refractivity contribution < 1.29 is 32.2 Å². The zero-order chi connectivity index (χ0) is 19.0. The third-order valence-corrected chi connectivity index (χ3v) is 3.10. The Balaban J connectivity index is 2.72. The van der Waals surface area contributed by atoms with Gasteiger partial charge >= 0.3 is 5.97 Å². The van der Waals surface area contributed by atoms with Gasteiger partial charge in [0.05, 0.1) is 11.1 Å². The summed E-state index contributed by atoms with van der Waals surface area (Å²) in [5.41, 5.74) is -5.91.